The van der Waals surface area contributed by atoms with Crippen molar-refractivity contribution in [3.63, 3.8) is 0 Å². The molecular weight excluding hydrogens is 436 g/mol. The molecule has 1 aliphatic heterocycles. The third-order valence-electron chi connectivity index (χ3n) is 4.03. The lowest BCUT2D eigenvalue weighted by molar-refractivity contribution is -0.155. The normalized spacial score (nSPS) is 15.0. The topological polar surface area (TPSA) is 68.2 Å². The monoisotopic (exact) mass is 464 g/mol. The zero-order chi connectivity index (χ0) is 21.6. The average Bonchev–Trinajstić information content (AvgIpc) is 2.60. The zero-order valence-electron chi connectivity index (χ0n) is 17.8. The van der Waals surface area contributed by atoms with Crippen LogP contribution in [0.25, 0.3) is 5.70 Å². The smallest absolute Gasteiger partial charge is 0.328 e. The number of hydrogen-bond donors (Lipinski definition) is 0. The molecule has 1 aliphatic rings. The molecule has 0 aromatic heterocycles. The lowest BCUT2D eigenvalue weighted by Crippen LogP contribution is -2.34. The molecule has 0 bridgehead atoms. The van der Waals surface area contributed by atoms with Gasteiger partial charge in [-0.15, -0.1) is 0 Å². The summed E-state index contributed by atoms with van der Waals surface area (Å²) in [6, 6.07) is 5.86. The predicted molar refractivity (Wildman–Crippen MR) is 117 cm³/mol. The van der Waals surface area contributed by atoms with Crippen molar-refractivity contribution in [3.05, 3.63) is 39.9 Å². The first-order valence-electron chi connectivity index (χ1n) is 9.87. The van der Waals surface area contributed by atoms with Crippen LogP contribution in [0.5, 0.6) is 0 Å². The number of carbonyl (C=O) groups is 2. The first-order chi connectivity index (χ1) is 13.6. The summed E-state index contributed by atoms with van der Waals surface area (Å²) in [6.07, 6.45) is 3.92. The number of ether oxygens (including phenoxy) is 2. The molecule has 0 N–H and O–H groups in total. The fraction of sp³-hybridized carbons (Fsp3) is 0.500. The number of allylic oxidation sites excluding steroid dienone is 1. The van der Waals surface area contributed by atoms with Crippen LogP contribution in [0.3, 0.4) is 0 Å². The van der Waals surface area contributed by atoms with Crippen LogP contribution in [0, 0.1) is 0 Å². The minimum Gasteiger partial charge on any atom is -0.466 e. The van der Waals surface area contributed by atoms with E-state index in [0.29, 0.717) is 12.3 Å². The molecule has 1 aromatic rings. The fourth-order valence-corrected chi connectivity index (χ4v) is 3.32. The molecule has 2 rings (SSSR count). The van der Waals surface area contributed by atoms with Crippen molar-refractivity contribution in [2.24, 2.45) is 5.10 Å². The molecule has 0 amide bonds. The highest BCUT2D eigenvalue weighted by Crippen LogP contribution is 2.32. The van der Waals surface area contributed by atoms with Gasteiger partial charge in [-0.3, -0.25) is 14.6 Å². The van der Waals surface area contributed by atoms with Gasteiger partial charge in [-0.05, 0) is 46.2 Å². The molecule has 0 spiro atoms. The minimum atomic E-state index is -0.583. The maximum atomic E-state index is 12.5. The molecule has 0 radical (unpaired) electrons. The van der Waals surface area contributed by atoms with Crippen molar-refractivity contribution in [2.45, 2.75) is 59.5 Å². The largest absolute Gasteiger partial charge is 0.466 e. The van der Waals surface area contributed by atoms with Gasteiger partial charge in [0.1, 0.15) is 12.1 Å². The van der Waals surface area contributed by atoms with E-state index in [1.165, 1.54) is 0 Å². The predicted octanol–water partition coefficient (Wildman–Crippen LogP) is 4.90. The SMILES string of the molecule is CCC/C=C1\c2ccc(Br)cc2C(CC(=O)OCC)=NN1CC(=O)OC(C)(C)C. The van der Waals surface area contributed by atoms with Gasteiger partial charge < -0.3 is 9.47 Å². The van der Waals surface area contributed by atoms with Gasteiger partial charge in [-0.2, -0.15) is 5.10 Å². The van der Waals surface area contributed by atoms with Gasteiger partial charge in [0.25, 0.3) is 0 Å². The highest BCUT2D eigenvalue weighted by atomic mass is 79.9. The van der Waals surface area contributed by atoms with Crippen molar-refractivity contribution in [3.8, 4) is 0 Å². The van der Waals surface area contributed by atoms with Crippen molar-refractivity contribution < 1.29 is 19.1 Å². The van der Waals surface area contributed by atoms with Gasteiger partial charge in [0.15, 0.2) is 0 Å². The summed E-state index contributed by atoms with van der Waals surface area (Å²) < 4.78 is 11.5. The van der Waals surface area contributed by atoms with E-state index in [0.717, 1.165) is 34.1 Å². The quantitative estimate of drug-likeness (QED) is 0.536. The van der Waals surface area contributed by atoms with Crippen LogP contribution >= 0.6 is 15.9 Å². The van der Waals surface area contributed by atoms with Gasteiger partial charge in [0, 0.05) is 15.6 Å². The molecular formula is C22H29BrN2O4. The summed E-state index contributed by atoms with van der Waals surface area (Å²) in [5.74, 6) is -0.727. The molecule has 0 fully saturated rings. The van der Waals surface area contributed by atoms with Crippen LogP contribution in [0.4, 0.5) is 0 Å². The number of carbonyl (C=O) groups excluding carboxylic acids is 2. The fourth-order valence-electron chi connectivity index (χ4n) is 2.96. The number of rotatable bonds is 7. The first kappa shape index (κ1) is 23.1. The number of halogens is 1. The van der Waals surface area contributed by atoms with Gasteiger partial charge >= 0.3 is 11.9 Å². The molecule has 1 heterocycles. The van der Waals surface area contributed by atoms with Crippen molar-refractivity contribution >= 4 is 39.3 Å². The van der Waals surface area contributed by atoms with Crippen LogP contribution in [-0.4, -0.2) is 41.4 Å². The Balaban J connectivity index is 2.46. The first-order valence-corrected chi connectivity index (χ1v) is 10.7. The molecule has 7 heteroatoms. The number of hydrogen-bond acceptors (Lipinski definition) is 6. The van der Waals surface area contributed by atoms with E-state index in [1.807, 2.05) is 39.0 Å². The number of fused-ring (bicyclic) bond motifs is 1. The third-order valence-corrected chi connectivity index (χ3v) is 4.52. The van der Waals surface area contributed by atoms with E-state index in [9.17, 15) is 9.59 Å². The van der Waals surface area contributed by atoms with Gasteiger partial charge in [0.2, 0.25) is 0 Å². The van der Waals surface area contributed by atoms with E-state index < -0.39 is 5.60 Å². The van der Waals surface area contributed by atoms with E-state index in [1.54, 1.807) is 11.9 Å². The molecule has 0 atom stereocenters. The van der Waals surface area contributed by atoms with E-state index in [2.05, 4.69) is 34.0 Å². The van der Waals surface area contributed by atoms with Gasteiger partial charge in [0.05, 0.1) is 24.4 Å². The summed E-state index contributed by atoms with van der Waals surface area (Å²) >= 11 is 3.50. The molecule has 0 saturated carbocycles. The molecule has 1 aromatic carbocycles. The molecule has 6 nitrogen and oxygen atoms in total. The second-order valence-electron chi connectivity index (χ2n) is 7.74. The van der Waals surface area contributed by atoms with Crippen molar-refractivity contribution in [1.29, 1.82) is 0 Å². The van der Waals surface area contributed by atoms with E-state index in [4.69, 9.17) is 9.47 Å². The second kappa shape index (κ2) is 10.1. The second-order valence-corrected chi connectivity index (χ2v) is 8.66. The zero-order valence-corrected chi connectivity index (χ0v) is 19.3. The lowest BCUT2D eigenvalue weighted by atomic mass is 9.96. The van der Waals surface area contributed by atoms with Crippen molar-refractivity contribution in [1.82, 2.24) is 5.01 Å². The molecule has 0 aliphatic carbocycles. The van der Waals surface area contributed by atoms with E-state index in [-0.39, 0.29) is 24.9 Å². The highest BCUT2D eigenvalue weighted by molar-refractivity contribution is 9.10. The minimum absolute atomic E-state index is 0.0309. The standard InChI is InChI=1S/C22H29BrN2O4/c1-6-8-9-19-16-11-10-15(23)12-17(16)18(13-20(26)28-7-2)24-25(19)14-21(27)29-22(3,4)5/h9-12H,6-8,13-14H2,1-5H3/b19-9+. The van der Waals surface area contributed by atoms with E-state index >= 15 is 0 Å². The maximum absolute atomic E-state index is 12.5. The Morgan fingerprint density at radius 1 is 1.17 bits per heavy atom. The Morgan fingerprint density at radius 3 is 2.52 bits per heavy atom. The molecule has 0 unspecified atom stereocenters. The summed E-state index contributed by atoms with van der Waals surface area (Å²) in [5.41, 5.74) is 2.61. The number of benzene rings is 1. The van der Waals surface area contributed by atoms with Crippen molar-refractivity contribution in [2.75, 3.05) is 13.2 Å². The van der Waals surface area contributed by atoms with Crippen LogP contribution in [-0.2, 0) is 19.1 Å². The summed E-state index contributed by atoms with van der Waals surface area (Å²) in [6.45, 7) is 9.63. The summed E-state index contributed by atoms with van der Waals surface area (Å²) in [7, 11) is 0. The Morgan fingerprint density at radius 2 is 1.90 bits per heavy atom. The number of nitrogens with zero attached hydrogens (tertiary/aromatic N) is 2. The Kier molecular flexibility index (Phi) is 8.02. The molecule has 29 heavy (non-hydrogen) atoms. The van der Waals surface area contributed by atoms with Gasteiger partial charge in [-0.25, -0.2) is 0 Å². The molecule has 0 saturated heterocycles. The Bertz CT molecular complexity index is 825. The van der Waals surface area contributed by atoms with Gasteiger partial charge in [-0.1, -0.05) is 41.4 Å². The maximum Gasteiger partial charge on any atom is 0.328 e. The summed E-state index contributed by atoms with van der Waals surface area (Å²) in [4.78, 5) is 24.6. The number of unbranched alkanes of at least 4 members (excludes halogenated alkanes) is 1. The highest BCUT2D eigenvalue weighted by Gasteiger charge is 2.28. The van der Waals surface area contributed by atoms with Crippen LogP contribution < -0.4 is 0 Å². The van der Waals surface area contributed by atoms with Crippen LogP contribution in [0.2, 0.25) is 0 Å². The van der Waals surface area contributed by atoms with Crippen LogP contribution in [0.15, 0.2) is 33.8 Å². The lowest BCUT2D eigenvalue weighted by Gasteiger charge is -2.30. The average molecular weight is 465 g/mol. The molecule has 158 valence electrons. The summed E-state index contributed by atoms with van der Waals surface area (Å²) in [5, 5.41) is 6.28. The Labute approximate surface area is 181 Å². The Hall–Kier alpha value is -2.15. The number of esters is 2. The third kappa shape index (κ3) is 6.70. The van der Waals surface area contributed by atoms with Crippen LogP contribution in [0.1, 0.15) is 65.0 Å². The number of hydrazone groups is 1.